The van der Waals surface area contributed by atoms with Crippen LogP contribution in [0, 0.1) is 10.7 Å². The summed E-state index contributed by atoms with van der Waals surface area (Å²) in [5.41, 5.74) is 3.51. The van der Waals surface area contributed by atoms with Crippen LogP contribution in [0.2, 0.25) is 0 Å². The van der Waals surface area contributed by atoms with E-state index in [9.17, 15) is 14.1 Å². The molecule has 1 aromatic carbocycles. The monoisotopic (exact) mass is 430 g/mol. The Morgan fingerprint density at radius 3 is 2.80 bits per heavy atom. The number of ketones is 1. The molecule has 0 radical (unpaired) electrons. The van der Waals surface area contributed by atoms with E-state index in [0.29, 0.717) is 23.4 Å². The molecule has 4 rings (SSSR count). The van der Waals surface area contributed by atoms with Crippen LogP contribution in [0.5, 0.6) is 0 Å². The molecule has 0 aliphatic heterocycles. The molecule has 0 amide bonds. The molecule has 5 nitrogen and oxygen atoms in total. The summed E-state index contributed by atoms with van der Waals surface area (Å²) in [6.45, 7) is 5.34. The first kappa shape index (κ1) is 20.0. The van der Waals surface area contributed by atoms with E-state index in [2.05, 4.69) is 6.92 Å². The summed E-state index contributed by atoms with van der Waals surface area (Å²) in [4.78, 5) is 13.0. The van der Waals surface area contributed by atoms with Crippen molar-refractivity contribution in [3.63, 3.8) is 0 Å². The number of Topliss-reactive ketones (excluding diaryl/α,β-unsaturated/α-hetero) is 1. The van der Waals surface area contributed by atoms with Crippen LogP contribution in [0.1, 0.15) is 75.1 Å². The zero-order chi connectivity index (χ0) is 22.6. The van der Waals surface area contributed by atoms with Crippen LogP contribution in [0.3, 0.4) is 0 Å². The van der Waals surface area contributed by atoms with Gasteiger partial charge in [0.15, 0.2) is 10.9 Å². The number of fused-ring (bicyclic) bond motifs is 1. The molecule has 2 aliphatic rings. The summed E-state index contributed by atoms with van der Waals surface area (Å²) in [7, 11) is -3.44. The van der Waals surface area contributed by atoms with Crippen molar-refractivity contribution in [3.8, 4) is 0 Å². The van der Waals surface area contributed by atoms with E-state index in [1.165, 1.54) is 25.2 Å². The highest BCUT2D eigenvalue weighted by Crippen LogP contribution is 2.44. The maximum atomic E-state index is 13.0. The molecule has 30 heavy (non-hydrogen) atoms. The zero-order valence-electron chi connectivity index (χ0n) is 18.9. The van der Waals surface area contributed by atoms with Gasteiger partial charge in [-0.3, -0.25) is 4.79 Å². The molecule has 1 heterocycles. The summed E-state index contributed by atoms with van der Waals surface area (Å²) < 4.78 is 35.0. The second-order valence-corrected chi connectivity index (χ2v) is 11.4. The fraction of sp³-hybridized carbons (Fsp3) is 0.542. The minimum absolute atomic E-state index is 0.0729. The largest absolute Gasteiger partial charge is 0.454 e. The molecule has 1 saturated carbocycles. The van der Waals surface area contributed by atoms with Crippen molar-refractivity contribution >= 4 is 15.5 Å². The minimum Gasteiger partial charge on any atom is -0.454 e. The quantitative estimate of drug-likeness (QED) is 0.633. The third-order valence-electron chi connectivity index (χ3n) is 6.50. The topological polar surface area (TPSA) is 91.4 Å². The van der Waals surface area contributed by atoms with Gasteiger partial charge in [0.2, 0.25) is 0 Å². The summed E-state index contributed by atoms with van der Waals surface area (Å²) in [5, 5.41) is 10.0. The van der Waals surface area contributed by atoms with E-state index in [0.717, 1.165) is 41.5 Å². The van der Waals surface area contributed by atoms with Crippen molar-refractivity contribution in [1.82, 2.24) is 0 Å². The Balaban J connectivity index is 1.60. The van der Waals surface area contributed by atoms with Crippen molar-refractivity contribution in [2.45, 2.75) is 75.9 Å². The third-order valence-corrected chi connectivity index (χ3v) is 8.09. The van der Waals surface area contributed by atoms with Gasteiger partial charge in [-0.05, 0) is 80.0 Å². The molecule has 6 heteroatoms. The molecule has 2 aliphatic carbocycles. The molecule has 2 atom stereocenters. The highest BCUT2D eigenvalue weighted by atomic mass is 32.2. The van der Waals surface area contributed by atoms with Crippen molar-refractivity contribution in [2.24, 2.45) is 5.92 Å². The fourth-order valence-corrected chi connectivity index (χ4v) is 5.70. The highest BCUT2D eigenvalue weighted by molar-refractivity contribution is 7.93. The molecular weight excluding hydrogens is 398 g/mol. The van der Waals surface area contributed by atoms with Crippen molar-refractivity contribution < 1.29 is 19.9 Å². The molecule has 0 bridgehead atoms. The van der Waals surface area contributed by atoms with E-state index < -0.39 is 21.1 Å². The Kier molecular flexibility index (Phi) is 5.10. The maximum absolute atomic E-state index is 13.0. The van der Waals surface area contributed by atoms with Crippen LogP contribution in [-0.2, 0) is 39.4 Å². The molecule has 2 N–H and O–H groups in total. The number of furan rings is 1. The van der Waals surface area contributed by atoms with Gasteiger partial charge < -0.3 is 9.52 Å². The summed E-state index contributed by atoms with van der Waals surface area (Å²) in [5.74, 6) is 0.242. The van der Waals surface area contributed by atoms with Crippen molar-refractivity contribution in [2.75, 3.05) is 5.75 Å². The lowest BCUT2D eigenvalue weighted by Crippen LogP contribution is -2.19. The van der Waals surface area contributed by atoms with E-state index in [-0.39, 0.29) is 17.3 Å². The smallest absolute Gasteiger partial charge is 0.199 e. The summed E-state index contributed by atoms with van der Waals surface area (Å²) >= 11 is 0. The Morgan fingerprint density at radius 1 is 1.43 bits per heavy atom. The second-order valence-electron chi connectivity index (χ2n) is 9.41. The Morgan fingerprint density at radius 2 is 2.17 bits per heavy atom. The minimum atomic E-state index is -3.44. The van der Waals surface area contributed by atoms with Gasteiger partial charge in [-0.1, -0.05) is 19.0 Å². The lowest BCUT2D eigenvalue weighted by atomic mass is 9.86. The van der Waals surface area contributed by atoms with Crippen LogP contribution in [0.4, 0.5) is 0 Å². The fourth-order valence-electron chi connectivity index (χ4n) is 4.48. The summed E-state index contributed by atoms with van der Waals surface area (Å²) in [6.07, 6.45) is 6.54. The van der Waals surface area contributed by atoms with Gasteiger partial charge in [-0.2, -0.15) is 0 Å². The standard InChI is InChI=1S/C24H31NO4S/c1-15(16-7-8-16)20-10-9-17-5-4-6-21(17)22(20)12-19(26)14-30(25,28)23-11-18(13-29-23)24(2,3)27/h9-11,13,15-16,25,27H,4-8,12,14H2,1-3H3/t15-,30-/m1/s1/i9D. The number of hydrogen-bond donors (Lipinski definition) is 2. The highest BCUT2D eigenvalue weighted by Gasteiger charge is 2.32. The maximum Gasteiger partial charge on any atom is 0.199 e. The number of nitrogens with one attached hydrogen (secondary N) is 1. The van der Waals surface area contributed by atoms with Crippen LogP contribution in [-0.4, -0.2) is 20.9 Å². The van der Waals surface area contributed by atoms with E-state index in [4.69, 9.17) is 10.6 Å². The first-order chi connectivity index (χ1) is 14.5. The van der Waals surface area contributed by atoms with Crippen molar-refractivity contribution in [1.29, 1.82) is 4.78 Å². The number of benzene rings is 1. The van der Waals surface area contributed by atoms with Gasteiger partial charge >= 0.3 is 0 Å². The molecule has 0 saturated heterocycles. The van der Waals surface area contributed by atoms with Crippen LogP contribution in [0.15, 0.2) is 33.9 Å². The van der Waals surface area contributed by atoms with Crippen LogP contribution >= 0.6 is 0 Å². The number of carbonyl (C=O) groups is 1. The lowest BCUT2D eigenvalue weighted by Gasteiger charge is -2.19. The molecular formula is C24H31NO4S. The Bertz CT molecular complexity index is 1120. The number of aliphatic hydroxyl groups is 1. The Labute approximate surface area is 180 Å². The van der Waals surface area contributed by atoms with Gasteiger partial charge in [0.1, 0.15) is 9.73 Å². The number of hydrogen-bond acceptors (Lipinski definition) is 5. The molecule has 1 fully saturated rings. The molecule has 162 valence electrons. The second kappa shape index (κ2) is 7.65. The lowest BCUT2D eigenvalue weighted by molar-refractivity contribution is -0.116. The molecule has 0 unspecified atom stereocenters. The van der Waals surface area contributed by atoms with E-state index in [1.807, 2.05) is 6.07 Å². The van der Waals surface area contributed by atoms with Gasteiger partial charge in [-0.15, -0.1) is 0 Å². The molecule has 2 aromatic rings. The summed E-state index contributed by atoms with van der Waals surface area (Å²) in [6, 6.07) is 3.93. The van der Waals surface area contributed by atoms with E-state index in [1.54, 1.807) is 13.8 Å². The van der Waals surface area contributed by atoms with Crippen LogP contribution < -0.4 is 0 Å². The van der Waals surface area contributed by atoms with Crippen LogP contribution in [0.25, 0.3) is 0 Å². The van der Waals surface area contributed by atoms with Crippen molar-refractivity contribution in [3.05, 3.63) is 52.3 Å². The molecule has 1 aromatic heterocycles. The average Bonchev–Trinajstić information content (AvgIpc) is 3.17. The Hall–Kier alpha value is -1.92. The average molecular weight is 431 g/mol. The predicted octanol–water partition coefficient (Wildman–Crippen LogP) is 4.73. The number of rotatable bonds is 8. The first-order valence-electron chi connectivity index (χ1n) is 11.2. The van der Waals surface area contributed by atoms with E-state index >= 15 is 0 Å². The van der Waals surface area contributed by atoms with Gasteiger partial charge in [0.25, 0.3) is 0 Å². The normalized spacial score (nSPS) is 19.8. The first-order valence-corrected chi connectivity index (χ1v) is 12.4. The van der Waals surface area contributed by atoms with Gasteiger partial charge in [0, 0.05) is 18.1 Å². The zero-order valence-corrected chi connectivity index (χ0v) is 18.7. The SMILES string of the molecule is [2H]c1cc([C@H](C)C2CC2)c(CC(=O)C[S@@](=N)(=O)c2cc(C(C)(C)O)co2)c2c1CCC2. The number of carbonyl (C=O) groups excluding carboxylic acids is 1. The molecule has 0 spiro atoms. The van der Waals surface area contributed by atoms with Gasteiger partial charge in [-0.25, -0.2) is 8.99 Å². The van der Waals surface area contributed by atoms with Gasteiger partial charge in [0.05, 0.1) is 19.0 Å². The third kappa shape index (κ3) is 4.26. The predicted molar refractivity (Wildman–Crippen MR) is 116 cm³/mol.